The van der Waals surface area contributed by atoms with Crippen molar-refractivity contribution in [2.75, 3.05) is 32.1 Å². The maximum Gasteiger partial charge on any atom is 0.416 e. The first-order valence-electron chi connectivity index (χ1n) is 9.80. The zero-order valence-electron chi connectivity index (χ0n) is 17.0. The number of halogens is 3. The second-order valence-corrected chi connectivity index (χ2v) is 7.20. The average Bonchev–Trinajstić information content (AvgIpc) is 3.34. The number of nitrogens with zero attached hydrogens (tertiary/aromatic N) is 3. The van der Waals surface area contributed by atoms with Crippen LogP contribution in [0.25, 0.3) is 0 Å². The summed E-state index contributed by atoms with van der Waals surface area (Å²) in [5.41, 5.74) is -0.126. The Morgan fingerprint density at radius 1 is 1.35 bits per heavy atom. The zero-order chi connectivity index (χ0) is 22.4. The summed E-state index contributed by atoms with van der Waals surface area (Å²) in [5.74, 6) is -0.0846. The molecule has 2 heterocycles. The molecule has 3 amide bonds. The van der Waals surface area contributed by atoms with Crippen LogP contribution in [0.2, 0.25) is 0 Å². The Hall–Kier alpha value is -3.08. The van der Waals surface area contributed by atoms with Crippen LogP contribution in [-0.4, -0.2) is 53.4 Å². The monoisotopic (exact) mass is 439 g/mol. The molecule has 0 aliphatic carbocycles. The number of rotatable bonds is 8. The van der Waals surface area contributed by atoms with Crippen LogP contribution in [0.5, 0.6) is 0 Å². The van der Waals surface area contributed by atoms with Gasteiger partial charge in [-0.1, -0.05) is 12.1 Å². The van der Waals surface area contributed by atoms with Gasteiger partial charge in [0.15, 0.2) is 0 Å². The van der Waals surface area contributed by atoms with Crippen LogP contribution in [0.1, 0.15) is 30.0 Å². The summed E-state index contributed by atoms with van der Waals surface area (Å²) in [6.45, 7) is 1.54. The quantitative estimate of drug-likeness (QED) is 0.662. The van der Waals surface area contributed by atoms with E-state index >= 15 is 0 Å². The lowest BCUT2D eigenvalue weighted by Crippen LogP contribution is -2.40. The number of hydrogen-bond acceptors (Lipinski definition) is 4. The van der Waals surface area contributed by atoms with Crippen molar-refractivity contribution in [3.05, 3.63) is 47.8 Å². The van der Waals surface area contributed by atoms with Crippen LogP contribution in [0.15, 0.2) is 36.7 Å². The molecule has 2 N–H and O–H groups in total. The molecule has 1 aliphatic heterocycles. The number of anilines is 1. The van der Waals surface area contributed by atoms with E-state index in [4.69, 9.17) is 4.74 Å². The van der Waals surface area contributed by atoms with E-state index in [2.05, 4.69) is 15.7 Å². The molecule has 1 atom stereocenters. The van der Waals surface area contributed by atoms with E-state index in [0.29, 0.717) is 38.2 Å². The highest BCUT2D eigenvalue weighted by molar-refractivity contribution is 5.89. The van der Waals surface area contributed by atoms with Gasteiger partial charge in [0.05, 0.1) is 36.6 Å². The molecular weight excluding hydrogens is 415 g/mol. The number of hydrogen-bond donors (Lipinski definition) is 2. The van der Waals surface area contributed by atoms with Gasteiger partial charge in [0.25, 0.3) is 0 Å². The van der Waals surface area contributed by atoms with Crippen molar-refractivity contribution in [2.45, 2.75) is 31.6 Å². The Morgan fingerprint density at radius 2 is 2.16 bits per heavy atom. The SMILES string of the molecule is COCCn1cc(NC(=O)NC(CN2CCCC2=O)c2cccc(C(F)(F)F)c2)cn1. The first-order chi connectivity index (χ1) is 14.8. The average molecular weight is 439 g/mol. The van der Waals surface area contributed by atoms with Crippen molar-refractivity contribution >= 4 is 17.6 Å². The standard InChI is InChI=1S/C20H24F3N5O3/c1-31-9-8-28-12-16(11-24-28)25-19(30)26-17(13-27-7-3-6-18(27)29)14-4-2-5-15(10-14)20(21,22)23/h2,4-5,10-12,17H,3,6-9,13H2,1H3,(H2,25,26,30). The van der Waals surface area contributed by atoms with Crippen molar-refractivity contribution in [1.29, 1.82) is 0 Å². The number of urea groups is 1. The molecular formula is C20H24F3N5O3. The number of carbonyl (C=O) groups excluding carboxylic acids is 2. The number of carbonyl (C=O) groups is 2. The molecule has 1 unspecified atom stereocenters. The van der Waals surface area contributed by atoms with E-state index in [-0.39, 0.29) is 18.0 Å². The van der Waals surface area contributed by atoms with Crippen LogP contribution in [0.4, 0.5) is 23.7 Å². The number of amides is 3. The third-order valence-electron chi connectivity index (χ3n) is 4.91. The molecule has 168 valence electrons. The Balaban J connectivity index is 1.74. The lowest BCUT2D eigenvalue weighted by atomic mass is 10.0. The number of nitrogens with one attached hydrogen (secondary N) is 2. The highest BCUT2D eigenvalue weighted by atomic mass is 19.4. The van der Waals surface area contributed by atoms with Crippen molar-refractivity contribution in [3.8, 4) is 0 Å². The van der Waals surface area contributed by atoms with Gasteiger partial charge in [0.2, 0.25) is 5.91 Å². The fourth-order valence-corrected chi connectivity index (χ4v) is 3.34. The summed E-state index contributed by atoms with van der Waals surface area (Å²) in [7, 11) is 1.56. The highest BCUT2D eigenvalue weighted by Crippen LogP contribution is 2.31. The Kier molecular flexibility index (Phi) is 7.16. The molecule has 1 saturated heterocycles. The third kappa shape index (κ3) is 6.20. The third-order valence-corrected chi connectivity index (χ3v) is 4.91. The Bertz CT molecular complexity index is 915. The van der Waals surface area contributed by atoms with Crippen molar-refractivity contribution in [1.82, 2.24) is 20.0 Å². The van der Waals surface area contributed by atoms with Crippen molar-refractivity contribution in [3.63, 3.8) is 0 Å². The van der Waals surface area contributed by atoms with E-state index in [1.165, 1.54) is 18.3 Å². The minimum atomic E-state index is -4.51. The molecule has 1 fully saturated rings. The van der Waals surface area contributed by atoms with Crippen LogP contribution in [0.3, 0.4) is 0 Å². The van der Waals surface area contributed by atoms with Gasteiger partial charge in [-0.3, -0.25) is 9.48 Å². The molecule has 0 bridgehead atoms. The van der Waals surface area contributed by atoms with E-state index in [9.17, 15) is 22.8 Å². The molecule has 0 spiro atoms. The highest BCUT2D eigenvalue weighted by Gasteiger charge is 2.32. The summed E-state index contributed by atoms with van der Waals surface area (Å²) in [4.78, 5) is 26.1. The summed E-state index contributed by atoms with van der Waals surface area (Å²) in [6.07, 6.45) is -0.368. The molecule has 1 aromatic carbocycles. The Morgan fingerprint density at radius 3 is 2.84 bits per heavy atom. The number of aromatic nitrogens is 2. The number of benzene rings is 1. The molecule has 1 aliphatic rings. The van der Waals surface area contributed by atoms with Crippen LogP contribution in [-0.2, 0) is 22.3 Å². The summed E-state index contributed by atoms with van der Waals surface area (Å²) >= 11 is 0. The van der Waals surface area contributed by atoms with Gasteiger partial charge >= 0.3 is 12.2 Å². The predicted octanol–water partition coefficient (Wildman–Crippen LogP) is 3.03. The molecule has 8 nitrogen and oxygen atoms in total. The normalized spacial score (nSPS) is 15.2. The number of methoxy groups -OCH3 is 1. The maximum absolute atomic E-state index is 13.2. The van der Waals surface area contributed by atoms with Gasteiger partial charge in [-0.15, -0.1) is 0 Å². The van der Waals surface area contributed by atoms with E-state index in [1.807, 2.05) is 0 Å². The molecule has 2 aromatic rings. The van der Waals surface area contributed by atoms with Crippen LogP contribution in [0, 0.1) is 0 Å². The minimum Gasteiger partial charge on any atom is -0.383 e. The molecule has 0 saturated carbocycles. The molecule has 11 heteroatoms. The number of likely N-dealkylation sites (tertiary alicyclic amines) is 1. The second kappa shape index (κ2) is 9.82. The Labute approximate surface area is 177 Å². The maximum atomic E-state index is 13.2. The van der Waals surface area contributed by atoms with Gasteiger partial charge < -0.3 is 20.3 Å². The smallest absolute Gasteiger partial charge is 0.383 e. The second-order valence-electron chi connectivity index (χ2n) is 7.20. The van der Waals surface area contributed by atoms with E-state index in [0.717, 1.165) is 12.1 Å². The predicted molar refractivity (Wildman–Crippen MR) is 106 cm³/mol. The van der Waals surface area contributed by atoms with E-state index in [1.54, 1.807) is 22.9 Å². The fraction of sp³-hybridized carbons (Fsp3) is 0.450. The minimum absolute atomic E-state index is 0.0840. The summed E-state index contributed by atoms with van der Waals surface area (Å²) in [6, 6.07) is 3.33. The van der Waals surface area contributed by atoms with Gasteiger partial charge in [0.1, 0.15) is 0 Å². The fourth-order valence-electron chi connectivity index (χ4n) is 3.34. The van der Waals surface area contributed by atoms with Gasteiger partial charge in [0, 0.05) is 32.8 Å². The number of alkyl halides is 3. The van der Waals surface area contributed by atoms with Crippen LogP contribution >= 0.6 is 0 Å². The van der Waals surface area contributed by atoms with Gasteiger partial charge in [-0.05, 0) is 24.1 Å². The zero-order valence-corrected chi connectivity index (χ0v) is 17.0. The summed E-state index contributed by atoms with van der Waals surface area (Å²) in [5, 5.41) is 9.40. The molecule has 0 radical (unpaired) electrons. The van der Waals surface area contributed by atoms with Gasteiger partial charge in [-0.2, -0.15) is 18.3 Å². The molecule has 31 heavy (non-hydrogen) atoms. The van der Waals surface area contributed by atoms with Crippen molar-refractivity contribution in [2.24, 2.45) is 0 Å². The summed E-state index contributed by atoms with van der Waals surface area (Å²) < 4.78 is 46.0. The van der Waals surface area contributed by atoms with Gasteiger partial charge in [-0.25, -0.2) is 4.79 Å². The topological polar surface area (TPSA) is 88.5 Å². The number of ether oxygens (including phenoxy) is 1. The molecule has 1 aromatic heterocycles. The van der Waals surface area contributed by atoms with E-state index < -0.39 is 23.8 Å². The first-order valence-corrected chi connectivity index (χ1v) is 9.80. The van der Waals surface area contributed by atoms with Crippen LogP contribution < -0.4 is 10.6 Å². The largest absolute Gasteiger partial charge is 0.416 e. The lowest BCUT2D eigenvalue weighted by molar-refractivity contribution is -0.137. The van der Waals surface area contributed by atoms with Crippen molar-refractivity contribution < 1.29 is 27.5 Å². The molecule has 3 rings (SSSR count). The lowest BCUT2D eigenvalue weighted by Gasteiger charge is -2.25. The first kappa shape index (κ1) is 22.6.